The number of hydrogen-bond acceptors (Lipinski definition) is 3. The molecule has 1 heterocycles. The molecule has 3 N–H and O–H groups in total. The lowest BCUT2D eigenvalue weighted by molar-refractivity contribution is 0.141. The highest BCUT2D eigenvalue weighted by Gasteiger charge is 2.21. The molecular weight excluding hydrogens is 182 g/mol. The molecule has 4 heteroatoms. The van der Waals surface area contributed by atoms with E-state index in [2.05, 4.69) is 0 Å². The van der Waals surface area contributed by atoms with Crippen LogP contribution in [0.25, 0.3) is 0 Å². The Balaban J connectivity index is 2.89. The Labute approximate surface area is 74.6 Å². The molecule has 1 aromatic rings. The second-order valence-corrected chi connectivity index (χ2v) is 4.04. The summed E-state index contributed by atoms with van der Waals surface area (Å²) in [5, 5.41) is 7.46. The third-order valence-electron chi connectivity index (χ3n) is 1.36. The van der Waals surface area contributed by atoms with Crippen LogP contribution in [0, 0.1) is 0 Å². The van der Waals surface area contributed by atoms with Gasteiger partial charge in [-0.3, -0.25) is 5.73 Å². The first kappa shape index (κ1) is 9.00. The SMILES string of the molecule is CCc1ccc(C(N)(O)Cl)s1. The summed E-state index contributed by atoms with van der Waals surface area (Å²) in [6.07, 6.45) is 0.942. The van der Waals surface area contributed by atoms with Crippen molar-refractivity contribution in [1.82, 2.24) is 0 Å². The van der Waals surface area contributed by atoms with Crippen LogP contribution in [-0.2, 0) is 11.6 Å². The normalized spacial score (nSPS) is 16.4. The van der Waals surface area contributed by atoms with Crippen molar-refractivity contribution in [1.29, 1.82) is 0 Å². The van der Waals surface area contributed by atoms with E-state index < -0.39 is 5.18 Å². The number of halogens is 1. The van der Waals surface area contributed by atoms with Gasteiger partial charge in [-0.2, -0.15) is 0 Å². The molecule has 62 valence electrons. The monoisotopic (exact) mass is 191 g/mol. The van der Waals surface area contributed by atoms with Gasteiger partial charge in [0.15, 0.2) is 0 Å². The maximum Gasteiger partial charge on any atom is 0.227 e. The minimum atomic E-state index is -1.70. The van der Waals surface area contributed by atoms with Crippen molar-refractivity contribution in [2.24, 2.45) is 5.73 Å². The predicted octanol–water partition coefficient (Wildman–Crippen LogP) is 1.61. The van der Waals surface area contributed by atoms with E-state index in [0.29, 0.717) is 4.88 Å². The van der Waals surface area contributed by atoms with E-state index in [1.165, 1.54) is 16.2 Å². The first-order valence-corrected chi connectivity index (χ1v) is 4.53. The summed E-state index contributed by atoms with van der Waals surface area (Å²) in [5.74, 6) is 0. The summed E-state index contributed by atoms with van der Waals surface area (Å²) in [6.45, 7) is 2.04. The van der Waals surface area contributed by atoms with E-state index in [0.717, 1.165) is 6.42 Å². The van der Waals surface area contributed by atoms with Gasteiger partial charge in [0.25, 0.3) is 0 Å². The van der Waals surface area contributed by atoms with Gasteiger partial charge in [-0.15, -0.1) is 11.3 Å². The fourth-order valence-electron chi connectivity index (χ4n) is 0.756. The van der Waals surface area contributed by atoms with Crippen LogP contribution in [0.1, 0.15) is 16.7 Å². The van der Waals surface area contributed by atoms with Crippen LogP contribution >= 0.6 is 22.9 Å². The maximum absolute atomic E-state index is 9.15. The number of hydrogen-bond donors (Lipinski definition) is 2. The number of aliphatic hydroxyl groups is 1. The van der Waals surface area contributed by atoms with Crippen molar-refractivity contribution in [3.63, 3.8) is 0 Å². The molecule has 0 aliphatic rings. The molecule has 0 amide bonds. The maximum atomic E-state index is 9.15. The summed E-state index contributed by atoms with van der Waals surface area (Å²) in [4.78, 5) is 1.76. The molecule has 0 radical (unpaired) electrons. The molecule has 1 aromatic heterocycles. The molecule has 1 atom stereocenters. The Morgan fingerprint density at radius 3 is 2.64 bits per heavy atom. The van der Waals surface area contributed by atoms with Crippen molar-refractivity contribution in [3.05, 3.63) is 21.9 Å². The molecule has 1 rings (SSSR count). The molecule has 11 heavy (non-hydrogen) atoms. The van der Waals surface area contributed by atoms with Crippen LogP contribution in [0.15, 0.2) is 12.1 Å². The summed E-state index contributed by atoms with van der Waals surface area (Å²) in [6, 6.07) is 3.66. The quantitative estimate of drug-likeness (QED) is 0.424. The third-order valence-corrected chi connectivity index (χ3v) is 3.03. The second-order valence-electron chi connectivity index (χ2n) is 2.29. The van der Waals surface area contributed by atoms with E-state index in [1.807, 2.05) is 13.0 Å². The van der Waals surface area contributed by atoms with Crippen LogP contribution in [0.2, 0.25) is 0 Å². The summed E-state index contributed by atoms with van der Waals surface area (Å²) >= 11 is 6.91. The zero-order valence-electron chi connectivity index (χ0n) is 6.17. The molecule has 0 fully saturated rings. The van der Waals surface area contributed by atoms with Gasteiger partial charge in [-0.25, -0.2) is 0 Å². The highest BCUT2D eigenvalue weighted by Crippen LogP contribution is 2.27. The molecule has 0 saturated heterocycles. The van der Waals surface area contributed by atoms with Crippen LogP contribution in [0.5, 0.6) is 0 Å². The summed E-state index contributed by atoms with van der Waals surface area (Å²) in [7, 11) is 0. The number of rotatable bonds is 2. The molecule has 0 bridgehead atoms. The van der Waals surface area contributed by atoms with Crippen LogP contribution in [0.4, 0.5) is 0 Å². The zero-order valence-corrected chi connectivity index (χ0v) is 7.75. The highest BCUT2D eigenvalue weighted by molar-refractivity contribution is 7.12. The summed E-state index contributed by atoms with van der Waals surface area (Å²) < 4.78 is 0. The first-order valence-electron chi connectivity index (χ1n) is 3.33. The lowest BCUT2D eigenvalue weighted by atomic mass is 10.3. The average Bonchev–Trinajstić information content (AvgIpc) is 2.32. The van der Waals surface area contributed by atoms with Crippen molar-refractivity contribution >= 4 is 22.9 Å². The van der Waals surface area contributed by atoms with E-state index in [4.69, 9.17) is 22.4 Å². The van der Waals surface area contributed by atoms with Crippen molar-refractivity contribution < 1.29 is 5.11 Å². The smallest absolute Gasteiger partial charge is 0.227 e. The fourth-order valence-corrected chi connectivity index (χ4v) is 1.78. The largest absolute Gasteiger partial charge is 0.359 e. The molecule has 0 spiro atoms. The molecule has 1 unspecified atom stereocenters. The Kier molecular flexibility index (Phi) is 2.54. The van der Waals surface area contributed by atoms with Gasteiger partial charge >= 0.3 is 0 Å². The first-order chi connectivity index (χ1) is 5.04. The van der Waals surface area contributed by atoms with Crippen molar-refractivity contribution in [2.45, 2.75) is 18.5 Å². The Hall–Kier alpha value is -0.0900. The van der Waals surface area contributed by atoms with Crippen LogP contribution in [0.3, 0.4) is 0 Å². The highest BCUT2D eigenvalue weighted by atomic mass is 35.5. The lowest BCUT2D eigenvalue weighted by Gasteiger charge is -2.10. The van der Waals surface area contributed by atoms with E-state index in [1.54, 1.807) is 6.07 Å². The predicted molar refractivity (Wildman–Crippen MR) is 47.6 cm³/mol. The minimum absolute atomic E-state index is 0.594. The minimum Gasteiger partial charge on any atom is -0.359 e. The Bertz CT molecular complexity index is 241. The number of thiophene rings is 1. The number of nitrogens with two attached hydrogens (primary N) is 1. The van der Waals surface area contributed by atoms with Gasteiger partial charge in [-0.05, 0) is 18.6 Å². The van der Waals surface area contributed by atoms with E-state index in [9.17, 15) is 0 Å². The summed E-state index contributed by atoms with van der Waals surface area (Å²) in [5.41, 5.74) is 5.26. The van der Waals surface area contributed by atoms with Gasteiger partial charge < -0.3 is 5.11 Å². The van der Waals surface area contributed by atoms with Gasteiger partial charge in [0.2, 0.25) is 5.18 Å². The van der Waals surface area contributed by atoms with E-state index >= 15 is 0 Å². The standard InChI is InChI=1S/C7H10ClNOS/c1-2-5-3-4-6(11-5)7(8,9)10/h3-4,10H,2,9H2,1H3. The van der Waals surface area contributed by atoms with Crippen molar-refractivity contribution in [3.8, 4) is 0 Å². The van der Waals surface area contributed by atoms with Gasteiger partial charge in [0, 0.05) is 4.88 Å². The zero-order chi connectivity index (χ0) is 8.48. The topological polar surface area (TPSA) is 46.2 Å². The van der Waals surface area contributed by atoms with Gasteiger partial charge in [0.05, 0.1) is 4.88 Å². The van der Waals surface area contributed by atoms with Crippen LogP contribution < -0.4 is 5.73 Å². The number of aryl methyl sites for hydroxylation is 1. The molecule has 0 saturated carbocycles. The molecule has 2 nitrogen and oxygen atoms in total. The van der Waals surface area contributed by atoms with E-state index in [-0.39, 0.29) is 0 Å². The fraction of sp³-hybridized carbons (Fsp3) is 0.429. The second kappa shape index (κ2) is 3.11. The molecule has 0 aliphatic carbocycles. The van der Waals surface area contributed by atoms with Crippen LogP contribution in [-0.4, -0.2) is 5.11 Å². The average molecular weight is 192 g/mol. The van der Waals surface area contributed by atoms with Crippen molar-refractivity contribution in [2.75, 3.05) is 0 Å². The Morgan fingerprint density at radius 2 is 2.36 bits per heavy atom. The van der Waals surface area contributed by atoms with Gasteiger partial charge in [-0.1, -0.05) is 18.5 Å². The third kappa shape index (κ3) is 2.17. The Morgan fingerprint density at radius 1 is 1.73 bits per heavy atom. The lowest BCUT2D eigenvalue weighted by Crippen LogP contribution is -2.27. The number of alkyl halides is 1. The van der Waals surface area contributed by atoms with Gasteiger partial charge in [0.1, 0.15) is 0 Å². The molecular formula is C7H10ClNOS. The molecule has 0 aliphatic heterocycles. The molecule has 0 aromatic carbocycles.